The van der Waals surface area contributed by atoms with Crippen LogP contribution in [0.15, 0.2) is 46.3 Å². The molecule has 4 rings (SSSR count). The van der Waals surface area contributed by atoms with Gasteiger partial charge in [0.05, 0.1) is 31.2 Å². The van der Waals surface area contributed by atoms with Crippen molar-refractivity contribution in [1.82, 2.24) is 10.1 Å². The number of carbonyl (C=O) groups excluding carboxylic acids is 1. The van der Waals surface area contributed by atoms with Gasteiger partial charge in [0, 0.05) is 16.5 Å². The highest BCUT2D eigenvalue weighted by molar-refractivity contribution is 7.14. The van der Waals surface area contributed by atoms with E-state index in [1.807, 2.05) is 13.8 Å². The topological polar surface area (TPSA) is 95.7 Å². The van der Waals surface area contributed by atoms with Gasteiger partial charge in [-0.3, -0.25) is 10.1 Å². The van der Waals surface area contributed by atoms with Crippen LogP contribution in [0.4, 0.5) is 9.52 Å². The predicted molar refractivity (Wildman–Crippen MR) is 125 cm³/mol. The summed E-state index contributed by atoms with van der Waals surface area (Å²) in [5.41, 5.74) is 3.11. The van der Waals surface area contributed by atoms with Gasteiger partial charge in [-0.05, 0) is 50.2 Å². The number of aromatic nitrogens is 2. The molecule has 8 nitrogen and oxygen atoms in total. The first-order valence-electron chi connectivity index (χ1n) is 10.2. The minimum absolute atomic E-state index is 0.153. The van der Waals surface area contributed by atoms with E-state index >= 15 is 0 Å². The Balaban J connectivity index is 1.45. The van der Waals surface area contributed by atoms with E-state index in [1.54, 1.807) is 29.6 Å². The van der Waals surface area contributed by atoms with Crippen LogP contribution in [-0.2, 0) is 6.61 Å². The lowest BCUT2D eigenvalue weighted by Crippen LogP contribution is -2.12. The molecule has 0 unspecified atom stereocenters. The number of anilines is 1. The molecular formula is C24H22FN3O5S. The minimum atomic E-state index is -0.484. The average molecular weight is 484 g/mol. The van der Waals surface area contributed by atoms with Crippen LogP contribution in [0.25, 0.3) is 11.3 Å². The van der Waals surface area contributed by atoms with Crippen molar-refractivity contribution in [1.29, 1.82) is 0 Å². The van der Waals surface area contributed by atoms with E-state index in [2.05, 4.69) is 15.5 Å². The number of hydrogen-bond acceptors (Lipinski definition) is 8. The zero-order valence-electron chi connectivity index (χ0n) is 19.0. The van der Waals surface area contributed by atoms with Crippen LogP contribution in [0, 0.1) is 19.7 Å². The number of nitrogens with one attached hydrogen (secondary N) is 1. The number of carbonyl (C=O) groups is 1. The Morgan fingerprint density at radius 2 is 1.85 bits per heavy atom. The van der Waals surface area contributed by atoms with Crippen LogP contribution < -0.4 is 19.5 Å². The number of benzene rings is 2. The maximum Gasteiger partial charge on any atom is 0.257 e. The number of thiazole rings is 1. The summed E-state index contributed by atoms with van der Waals surface area (Å²) < 4.78 is 35.4. The van der Waals surface area contributed by atoms with Crippen molar-refractivity contribution < 1.29 is 27.9 Å². The first-order chi connectivity index (χ1) is 16.4. The largest absolute Gasteiger partial charge is 0.494 e. The summed E-state index contributed by atoms with van der Waals surface area (Å²) in [5, 5.41) is 8.79. The fourth-order valence-corrected chi connectivity index (χ4v) is 3.96. The molecule has 0 spiro atoms. The number of amides is 1. The first kappa shape index (κ1) is 23.2. The van der Waals surface area contributed by atoms with E-state index in [-0.39, 0.29) is 18.3 Å². The molecule has 0 atom stereocenters. The summed E-state index contributed by atoms with van der Waals surface area (Å²) in [4.78, 5) is 17.2. The maximum atomic E-state index is 14.0. The molecular weight excluding hydrogens is 461 g/mol. The molecule has 1 N–H and O–H groups in total. The second-order valence-electron chi connectivity index (χ2n) is 7.30. The molecule has 0 fully saturated rings. The van der Waals surface area contributed by atoms with Gasteiger partial charge in [-0.1, -0.05) is 5.16 Å². The van der Waals surface area contributed by atoms with E-state index in [1.165, 1.54) is 37.7 Å². The Labute approximate surface area is 199 Å². The third-order valence-electron chi connectivity index (χ3n) is 5.15. The summed E-state index contributed by atoms with van der Waals surface area (Å²) in [6.45, 7) is 3.92. The number of hydrogen-bond donors (Lipinski definition) is 1. The van der Waals surface area contributed by atoms with Gasteiger partial charge in [0.2, 0.25) is 0 Å². The lowest BCUT2D eigenvalue weighted by Gasteiger charge is -2.12. The van der Waals surface area contributed by atoms with E-state index < -0.39 is 5.82 Å². The molecule has 0 saturated carbocycles. The zero-order valence-corrected chi connectivity index (χ0v) is 19.8. The van der Waals surface area contributed by atoms with E-state index in [9.17, 15) is 9.18 Å². The van der Waals surface area contributed by atoms with Gasteiger partial charge in [-0.25, -0.2) is 9.37 Å². The number of methoxy groups -OCH3 is 2. The molecule has 2 aromatic carbocycles. The Hall–Kier alpha value is -3.92. The van der Waals surface area contributed by atoms with Crippen LogP contribution in [-0.4, -0.2) is 30.3 Å². The second kappa shape index (κ2) is 9.92. The van der Waals surface area contributed by atoms with Crippen molar-refractivity contribution >= 4 is 22.4 Å². The van der Waals surface area contributed by atoms with Gasteiger partial charge in [-0.15, -0.1) is 11.3 Å². The molecule has 1 amide bonds. The van der Waals surface area contributed by atoms with Crippen LogP contribution in [0.1, 0.15) is 27.4 Å². The summed E-state index contributed by atoms with van der Waals surface area (Å²) in [6.07, 6.45) is 0. The molecule has 0 aliphatic carbocycles. The zero-order chi connectivity index (χ0) is 24.2. The highest BCUT2D eigenvalue weighted by atomic mass is 32.1. The molecule has 0 aliphatic heterocycles. The van der Waals surface area contributed by atoms with Gasteiger partial charge < -0.3 is 18.7 Å². The standard InChI is InChI=1S/C24H22FN3O5S/c1-13-17(14(2)33-28-13)11-32-21-8-6-16(10-22(21)31-4)23(29)27-24-26-19(12-34-24)15-5-7-20(30-3)18(25)9-15/h5-10,12H,11H2,1-4H3,(H,26,27,29). The van der Waals surface area contributed by atoms with Crippen molar-refractivity contribution in [3.8, 4) is 28.5 Å². The quantitative estimate of drug-likeness (QED) is 0.358. The van der Waals surface area contributed by atoms with Crippen molar-refractivity contribution in [3.05, 3.63) is 70.2 Å². The van der Waals surface area contributed by atoms with Crippen molar-refractivity contribution in [2.45, 2.75) is 20.5 Å². The van der Waals surface area contributed by atoms with Gasteiger partial charge in [0.1, 0.15) is 12.4 Å². The number of nitrogens with zero attached hydrogens (tertiary/aromatic N) is 2. The number of halogens is 1. The normalized spacial score (nSPS) is 10.7. The van der Waals surface area contributed by atoms with Gasteiger partial charge in [-0.2, -0.15) is 0 Å². The Morgan fingerprint density at radius 1 is 1.09 bits per heavy atom. The van der Waals surface area contributed by atoms with E-state index in [0.717, 1.165) is 11.3 Å². The van der Waals surface area contributed by atoms with E-state index in [0.29, 0.717) is 39.2 Å². The fourth-order valence-electron chi connectivity index (χ4n) is 3.24. The molecule has 0 aliphatic rings. The van der Waals surface area contributed by atoms with Crippen molar-refractivity contribution in [3.63, 3.8) is 0 Å². The molecule has 176 valence electrons. The molecule has 10 heteroatoms. The maximum absolute atomic E-state index is 14.0. The Bertz CT molecular complexity index is 1310. The number of ether oxygens (including phenoxy) is 3. The fraction of sp³-hybridized carbons (Fsp3) is 0.208. The second-order valence-corrected chi connectivity index (χ2v) is 8.16. The lowest BCUT2D eigenvalue weighted by molar-refractivity contribution is 0.102. The Kier molecular flexibility index (Phi) is 6.78. The van der Waals surface area contributed by atoms with Crippen LogP contribution in [0.2, 0.25) is 0 Å². The highest BCUT2D eigenvalue weighted by Gasteiger charge is 2.16. The number of rotatable bonds is 8. The monoisotopic (exact) mass is 483 g/mol. The van der Waals surface area contributed by atoms with E-state index in [4.69, 9.17) is 18.7 Å². The van der Waals surface area contributed by atoms with Crippen molar-refractivity contribution in [2.75, 3.05) is 19.5 Å². The molecule has 0 saturated heterocycles. The molecule has 4 aromatic rings. The summed E-state index contributed by atoms with van der Waals surface area (Å²) in [5.74, 6) is 0.887. The third-order valence-corrected chi connectivity index (χ3v) is 5.91. The van der Waals surface area contributed by atoms with Gasteiger partial charge in [0.15, 0.2) is 28.2 Å². The predicted octanol–water partition coefficient (Wildman–Crippen LogP) is 5.40. The SMILES string of the molecule is COc1ccc(-c2csc(NC(=O)c3ccc(OCc4c(C)noc4C)c(OC)c3)n2)cc1F. The summed E-state index contributed by atoms with van der Waals surface area (Å²) >= 11 is 1.24. The van der Waals surface area contributed by atoms with Gasteiger partial charge in [0.25, 0.3) is 5.91 Å². The van der Waals surface area contributed by atoms with Gasteiger partial charge >= 0.3 is 0 Å². The third kappa shape index (κ3) is 4.86. The van der Waals surface area contributed by atoms with Crippen LogP contribution >= 0.6 is 11.3 Å². The lowest BCUT2D eigenvalue weighted by atomic mass is 10.1. The molecule has 0 radical (unpaired) electrons. The molecule has 2 aromatic heterocycles. The Morgan fingerprint density at radius 3 is 2.53 bits per heavy atom. The first-order valence-corrected chi connectivity index (χ1v) is 11.1. The summed E-state index contributed by atoms with van der Waals surface area (Å²) in [7, 11) is 2.90. The minimum Gasteiger partial charge on any atom is -0.494 e. The molecule has 34 heavy (non-hydrogen) atoms. The van der Waals surface area contributed by atoms with Crippen LogP contribution in [0.5, 0.6) is 17.2 Å². The van der Waals surface area contributed by atoms with Crippen LogP contribution in [0.3, 0.4) is 0 Å². The molecule has 0 bridgehead atoms. The highest BCUT2D eigenvalue weighted by Crippen LogP contribution is 2.31. The summed E-state index contributed by atoms with van der Waals surface area (Å²) in [6, 6.07) is 9.46. The number of aryl methyl sites for hydroxylation is 2. The smallest absolute Gasteiger partial charge is 0.257 e. The molecule has 2 heterocycles. The van der Waals surface area contributed by atoms with Crippen molar-refractivity contribution in [2.24, 2.45) is 0 Å². The average Bonchev–Trinajstić information content (AvgIpc) is 3.43.